The molecule has 2 aromatic carbocycles. The van der Waals surface area contributed by atoms with Gasteiger partial charge < -0.3 is 29.2 Å². The van der Waals surface area contributed by atoms with E-state index in [1.54, 1.807) is 28.4 Å². The molecule has 0 spiro atoms. The van der Waals surface area contributed by atoms with Crippen molar-refractivity contribution in [3.63, 3.8) is 0 Å². The molecule has 6 heteroatoms. The molecule has 0 radical (unpaired) electrons. The number of rotatable bonds is 11. The molecule has 2 rings (SSSR count). The van der Waals surface area contributed by atoms with Gasteiger partial charge in [-0.15, -0.1) is 0 Å². The molecule has 0 bridgehead atoms. The van der Waals surface area contributed by atoms with Crippen LogP contribution in [0.1, 0.15) is 11.1 Å². The van der Waals surface area contributed by atoms with Crippen molar-refractivity contribution in [2.24, 2.45) is 11.8 Å². The zero-order valence-corrected chi connectivity index (χ0v) is 17.0. The summed E-state index contributed by atoms with van der Waals surface area (Å²) >= 11 is 0. The van der Waals surface area contributed by atoms with Crippen molar-refractivity contribution >= 4 is 0 Å². The Balaban J connectivity index is 2.17. The van der Waals surface area contributed by atoms with Gasteiger partial charge in [-0.05, 0) is 60.1 Å². The molecule has 0 aliphatic heterocycles. The van der Waals surface area contributed by atoms with E-state index >= 15 is 0 Å². The minimum absolute atomic E-state index is 0.0210. The molecule has 0 amide bonds. The van der Waals surface area contributed by atoms with E-state index in [4.69, 9.17) is 18.9 Å². The van der Waals surface area contributed by atoms with Gasteiger partial charge in [0.1, 0.15) is 0 Å². The highest BCUT2D eigenvalue weighted by Crippen LogP contribution is 2.32. The molecule has 2 unspecified atom stereocenters. The van der Waals surface area contributed by atoms with Crippen molar-refractivity contribution in [1.29, 1.82) is 0 Å². The van der Waals surface area contributed by atoms with E-state index in [9.17, 15) is 10.2 Å². The molecule has 0 fully saturated rings. The Hall–Kier alpha value is -2.44. The van der Waals surface area contributed by atoms with E-state index in [1.165, 1.54) is 0 Å². The molecular formula is C22H30O6. The number of hydrogen-bond acceptors (Lipinski definition) is 6. The maximum atomic E-state index is 9.97. The lowest BCUT2D eigenvalue weighted by Crippen LogP contribution is -2.26. The lowest BCUT2D eigenvalue weighted by molar-refractivity contribution is 0.119. The quantitative estimate of drug-likeness (QED) is 0.614. The van der Waals surface area contributed by atoms with Crippen molar-refractivity contribution in [2.75, 3.05) is 41.7 Å². The van der Waals surface area contributed by atoms with E-state index in [2.05, 4.69) is 0 Å². The van der Waals surface area contributed by atoms with Crippen LogP contribution in [0.2, 0.25) is 0 Å². The predicted molar refractivity (Wildman–Crippen MR) is 108 cm³/mol. The predicted octanol–water partition coefficient (Wildman–Crippen LogP) is 2.72. The van der Waals surface area contributed by atoms with Gasteiger partial charge in [-0.25, -0.2) is 0 Å². The molecule has 2 aromatic rings. The SMILES string of the molecule is COc1ccc(CC(CO)C(CO)Cc2ccc(OC)c(OC)c2)cc1OC. The van der Waals surface area contributed by atoms with Crippen molar-refractivity contribution in [3.05, 3.63) is 47.5 Å². The fourth-order valence-electron chi connectivity index (χ4n) is 3.38. The zero-order chi connectivity index (χ0) is 20.5. The van der Waals surface area contributed by atoms with Crippen molar-refractivity contribution < 1.29 is 29.2 Å². The molecular weight excluding hydrogens is 360 g/mol. The highest BCUT2D eigenvalue weighted by Gasteiger charge is 2.22. The van der Waals surface area contributed by atoms with E-state index in [0.29, 0.717) is 35.8 Å². The normalized spacial score (nSPS) is 12.9. The summed E-state index contributed by atoms with van der Waals surface area (Å²) in [5.41, 5.74) is 2.03. The fourth-order valence-corrected chi connectivity index (χ4v) is 3.38. The molecule has 0 saturated carbocycles. The summed E-state index contributed by atoms with van der Waals surface area (Å²) in [7, 11) is 6.38. The summed E-state index contributed by atoms with van der Waals surface area (Å²) in [5, 5.41) is 19.9. The third-order valence-corrected chi connectivity index (χ3v) is 5.03. The number of methoxy groups -OCH3 is 4. The minimum Gasteiger partial charge on any atom is -0.493 e. The highest BCUT2D eigenvalue weighted by molar-refractivity contribution is 5.44. The lowest BCUT2D eigenvalue weighted by atomic mass is 9.83. The molecule has 28 heavy (non-hydrogen) atoms. The third kappa shape index (κ3) is 5.30. The van der Waals surface area contributed by atoms with Crippen LogP contribution in [0, 0.1) is 11.8 Å². The Morgan fingerprint density at radius 1 is 0.607 bits per heavy atom. The van der Waals surface area contributed by atoms with Crippen LogP contribution in [-0.4, -0.2) is 51.9 Å². The molecule has 2 N–H and O–H groups in total. The number of ether oxygens (including phenoxy) is 4. The van der Waals surface area contributed by atoms with E-state index in [1.807, 2.05) is 36.4 Å². The molecule has 0 aromatic heterocycles. The second-order valence-corrected chi connectivity index (χ2v) is 6.67. The molecule has 2 atom stereocenters. The largest absolute Gasteiger partial charge is 0.493 e. The Morgan fingerprint density at radius 3 is 1.25 bits per heavy atom. The van der Waals surface area contributed by atoms with Gasteiger partial charge >= 0.3 is 0 Å². The van der Waals surface area contributed by atoms with Gasteiger partial charge in [0.15, 0.2) is 23.0 Å². The van der Waals surface area contributed by atoms with Gasteiger partial charge in [-0.3, -0.25) is 0 Å². The molecule has 154 valence electrons. The second-order valence-electron chi connectivity index (χ2n) is 6.67. The summed E-state index contributed by atoms with van der Waals surface area (Å²) in [5.74, 6) is 2.42. The van der Waals surface area contributed by atoms with E-state index in [0.717, 1.165) is 11.1 Å². The average molecular weight is 390 g/mol. The second kappa shape index (κ2) is 10.8. The molecule has 0 aliphatic carbocycles. The Morgan fingerprint density at radius 2 is 0.964 bits per heavy atom. The Labute approximate surface area is 166 Å². The first kappa shape index (κ1) is 21.9. The van der Waals surface area contributed by atoms with Crippen LogP contribution >= 0.6 is 0 Å². The highest BCUT2D eigenvalue weighted by atomic mass is 16.5. The first-order valence-electron chi connectivity index (χ1n) is 9.23. The van der Waals surface area contributed by atoms with Crippen LogP contribution in [0.5, 0.6) is 23.0 Å². The summed E-state index contributed by atoms with van der Waals surface area (Å²) in [4.78, 5) is 0. The standard InChI is InChI=1S/C22H30O6/c1-25-19-7-5-15(11-21(19)27-3)9-17(13-23)18(14-24)10-16-6-8-20(26-2)22(12-16)28-4/h5-8,11-12,17-18,23-24H,9-10,13-14H2,1-4H3. The number of benzene rings is 2. The van der Waals surface area contributed by atoms with Gasteiger partial charge in [-0.1, -0.05) is 12.1 Å². The van der Waals surface area contributed by atoms with Gasteiger partial charge in [0.25, 0.3) is 0 Å². The van der Waals surface area contributed by atoms with Gasteiger partial charge in [0, 0.05) is 13.2 Å². The van der Waals surface area contributed by atoms with Crippen molar-refractivity contribution in [3.8, 4) is 23.0 Å². The van der Waals surface area contributed by atoms with Crippen LogP contribution in [0.25, 0.3) is 0 Å². The van der Waals surface area contributed by atoms with Crippen LogP contribution in [0.15, 0.2) is 36.4 Å². The smallest absolute Gasteiger partial charge is 0.160 e. The van der Waals surface area contributed by atoms with Crippen LogP contribution < -0.4 is 18.9 Å². The summed E-state index contributed by atoms with van der Waals surface area (Å²) < 4.78 is 21.3. The lowest BCUT2D eigenvalue weighted by Gasteiger charge is -2.25. The number of hydrogen-bond donors (Lipinski definition) is 2. The monoisotopic (exact) mass is 390 g/mol. The summed E-state index contributed by atoms with van der Waals surface area (Å²) in [6.45, 7) is -0.0419. The van der Waals surface area contributed by atoms with Gasteiger partial charge in [-0.2, -0.15) is 0 Å². The van der Waals surface area contributed by atoms with Gasteiger partial charge in [0.05, 0.1) is 28.4 Å². The maximum absolute atomic E-state index is 9.97. The number of aliphatic hydroxyl groups excluding tert-OH is 2. The minimum atomic E-state index is -0.101. The van der Waals surface area contributed by atoms with E-state index in [-0.39, 0.29) is 25.0 Å². The summed E-state index contributed by atoms with van der Waals surface area (Å²) in [6.07, 6.45) is 1.24. The van der Waals surface area contributed by atoms with Crippen LogP contribution in [0.3, 0.4) is 0 Å². The molecule has 0 heterocycles. The first-order chi connectivity index (χ1) is 13.6. The topological polar surface area (TPSA) is 77.4 Å². The average Bonchev–Trinajstić information content (AvgIpc) is 2.75. The summed E-state index contributed by atoms with van der Waals surface area (Å²) in [6, 6.07) is 11.4. The van der Waals surface area contributed by atoms with Crippen LogP contribution in [0.4, 0.5) is 0 Å². The van der Waals surface area contributed by atoms with Crippen molar-refractivity contribution in [1.82, 2.24) is 0 Å². The fraction of sp³-hybridized carbons (Fsp3) is 0.455. The molecule has 0 aliphatic rings. The third-order valence-electron chi connectivity index (χ3n) is 5.03. The van der Waals surface area contributed by atoms with E-state index < -0.39 is 0 Å². The zero-order valence-electron chi connectivity index (χ0n) is 17.0. The molecule has 6 nitrogen and oxygen atoms in total. The maximum Gasteiger partial charge on any atom is 0.160 e. The Kier molecular flexibility index (Phi) is 8.42. The number of aliphatic hydroxyl groups is 2. The Bertz CT molecular complexity index is 682. The molecule has 0 saturated heterocycles. The first-order valence-corrected chi connectivity index (χ1v) is 9.23. The van der Waals surface area contributed by atoms with Crippen molar-refractivity contribution in [2.45, 2.75) is 12.8 Å². The van der Waals surface area contributed by atoms with Crippen LogP contribution in [-0.2, 0) is 12.8 Å². The van der Waals surface area contributed by atoms with Gasteiger partial charge in [0.2, 0.25) is 0 Å².